The van der Waals surface area contributed by atoms with Gasteiger partial charge in [-0.1, -0.05) is 26.7 Å². The zero-order chi connectivity index (χ0) is 13.7. The van der Waals surface area contributed by atoms with Gasteiger partial charge in [-0.3, -0.25) is 9.78 Å². The van der Waals surface area contributed by atoms with Crippen LogP contribution in [0.4, 0.5) is 5.69 Å². The molecule has 1 saturated carbocycles. The summed E-state index contributed by atoms with van der Waals surface area (Å²) in [6, 6.07) is 4.05. The first-order valence-corrected chi connectivity index (χ1v) is 7.10. The van der Waals surface area contributed by atoms with Crippen molar-refractivity contribution >= 4 is 11.6 Å². The topological polar surface area (TPSA) is 54.0 Å². The van der Waals surface area contributed by atoms with Gasteiger partial charge in [-0.2, -0.15) is 0 Å². The van der Waals surface area contributed by atoms with Crippen LogP contribution in [0.5, 0.6) is 0 Å². The number of hydrogen-bond acceptors (Lipinski definition) is 3. The normalized spacial score (nSPS) is 26.9. The lowest BCUT2D eigenvalue weighted by Gasteiger charge is -2.34. The van der Waals surface area contributed by atoms with E-state index in [2.05, 4.69) is 29.5 Å². The second-order valence-corrected chi connectivity index (χ2v) is 5.54. The number of aromatic nitrogens is 1. The number of nitrogens with one attached hydrogen (secondary N) is 2. The minimum Gasteiger partial charge on any atom is -0.325 e. The molecular formula is C15H23N3O. The van der Waals surface area contributed by atoms with Crippen molar-refractivity contribution in [2.45, 2.75) is 39.2 Å². The van der Waals surface area contributed by atoms with Crippen molar-refractivity contribution < 1.29 is 4.79 Å². The van der Waals surface area contributed by atoms with E-state index in [-0.39, 0.29) is 5.91 Å². The maximum Gasteiger partial charge on any atom is 0.238 e. The average molecular weight is 261 g/mol. The second kappa shape index (κ2) is 6.66. The molecule has 0 radical (unpaired) electrons. The molecule has 3 atom stereocenters. The fraction of sp³-hybridized carbons (Fsp3) is 0.600. The molecule has 0 spiro atoms. The smallest absolute Gasteiger partial charge is 0.238 e. The molecule has 0 saturated heterocycles. The lowest BCUT2D eigenvalue weighted by molar-refractivity contribution is -0.115. The van der Waals surface area contributed by atoms with E-state index in [1.165, 1.54) is 19.3 Å². The molecule has 1 aliphatic rings. The highest BCUT2D eigenvalue weighted by molar-refractivity contribution is 5.92. The van der Waals surface area contributed by atoms with Crippen LogP contribution in [-0.2, 0) is 4.79 Å². The lowest BCUT2D eigenvalue weighted by atomic mass is 9.78. The van der Waals surface area contributed by atoms with Gasteiger partial charge in [-0.05, 0) is 30.4 Å². The number of anilines is 1. The van der Waals surface area contributed by atoms with Gasteiger partial charge < -0.3 is 10.6 Å². The van der Waals surface area contributed by atoms with Crippen LogP contribution in [0.1, 0.15) is 33.1 Å². The van der Waals surface area contributed by atoms with Gasteiger partial charge in [0.25, 0.3) is 0 Å². The van der Waals surface area contributed by atoms with Crippen molar-refractivity contribution in [3.63, 3.8) is 0 Å². The van der Waals surface area contributed by atoms with Gasteiger partial charge in [-0.15, -0.1) is 0 Å². The highest BCUT2D eigenvalue weighted by atomic mass is 16.1. The van der Waals surface area contributed by atoms with E-state index in [9.17, 15) is 4.79 Å². The molecule has 0 bridgehead atoms. The van der Waals surface area contributed by atoms with E-state index in [1.54, 1.807) is 24.5 Å². The molecule has 1 heterocycles. The summed E-state index contributed by atoms with van der Waals surface area (Å²) in [5.41, 5.74) is 0.798. The van der Waals surface area contributed by atoms with Crippen LogP contribution in [0, 0.1) is 11.8 Å². The summed E-state index contributed by atoms with van der Waals surface area (Å²) in [5.74, 6) is 1.40. The molecule has 1 fully saturated rings. The van der Waals surface area contributed by atoms with Gasteiger partial charge in [0.2, 0.25) is 5.91 Å². The Morgan fingerprint density at radius 2 is 2.05 bits per heavy atom. The summed E-state index contributed by atoms with van der Waals surface area (Å²) in [7, 11) is 0. The first-order chi connectivity index (χ1) is 9.16. The average Bonchev–Trinajstić information content (AvgIpc) is 2.42. The van der Waals surface area contributed by atoms with Crippen LogP contribution in [0.25, 0.3) is 0 Å². The summed E-state index contributed by atoms with van der Waals surface area (Å²) in [6.45, 7) is 4.96. The Morgan fingerprint density at radius 1 is 1.32 bits per heavy atom. The number of hydrogen-bond donors (Lipinski definition) is 2. The second-order valence-electron chi connectivity index (χ2n) is 5.54. The van der Waals surface area contributed by atoms with Crippen molar-refractivity contribution in [2.75, 3.05) is 11.9 Å². The predicted molar refractivity (Wildman–Crippen MR) is 76.8 cm³/mol. The Bertz CT molecular complexity index is 407. The van der Waals surface area contributed by atoms with Crippen molar-refractivity contribution in [3.8, 4) is 0 Å². The minimum atomic E-state index is 0.0108. The van der Waals surface area contributed by atoms with Crippen molar-refractivity contribution in [1.29, 1.82) is 0 Å². The van der Waals surface area contributed by atoms with Gasteiger partial charge in [0.05, 0.1) is 6.54 Å². The summed E-state index contributed by atoms with van der Waals surface area (Å²) < 4.78 is 0. The molecule has 0 aliphatic heterocycles. The molecule has 2 rings (SSSR count). The minimum absolute atomic E-state index is 0.0108. The summed E-state index contributed by atoms with van der Waals surface area (Å²) in [5, 5.41) is 6.26. The highest BCUT2D eigenvalue weighted by Gasteiger charge is 2.26. The Hall–Kier alpha value is -1.42. The number of amides is 1. The highest BCUT2D eigenvalue weighted by Crippen LogP contribution is 2.29. The van der Waals surface area contributed by atoms with Gasteiger partial charge >= 0.3 is 0 Å². The number of rotatable bonds is 4. The quantitative estimate of drug-likeness (QED) is 0.875. The van der Waals surface area contributed by atoms with E-state index in [0.717, 1.165) is 11.6 Å². The number of nitrogens with zero attached hydrogens (tertiary/aromatic N) is 1. The van der Waals surface area contributed by atoms with Crippen LogP contribution in [0.3, 0.4) is 0 Å². The number of carbonyl (C=O) groups is 1. The third-order valence-electron chi connectivity index (χ3n) is 4.20. The third-order valence-corrected chi connectivity index (χ3v) is 4.20. The van der Waals surface area contributed by atoms with Gasteiger partial charge in [0, 0.05) is 24.1 Å². The van der Waals surface area contributed by atoms with E-state index < -0.39 is 0 Å². The Morgan fingerprint density at radius 3 is 2.79 bits per heavy atom. The Kier molecular flexibility index (Phi) is 4.91. The van der Waals surface area contributed by atoms with Gasteiger partial charge in [-0.25, -0.2) is 0 Å². The molecule has 1 aromatic rings. The molecule has 1 aliphatic carbocycles. The number of carbonyl (C=O) groups excluding carboxylic acids is 1. The van der Waals surface area contributed by atoms with E-state index in [0.29, 0.717) is 18.5 Å². The largest absolute Gasteiger partial charge is 0.325 e. The van der Waals surface area contributed by atoms with Crippen LogP contribution in [0.15, 0.2) is 24.5 Å². The van der Waals surface area contributed by atoms with E-state index in [4.69, 9.17) is 0 Å². The first-order valence-electron chi connectivity index (χ1n) is 7.10. The molecule has 1 amide bonds. The van der Waals surface area contributed by atoms with E-state index in [1.807, 2.05) is 0 Å². The maximum absolute atomic E-state index is 11.8. The SMILES string of the molecule is C[C@H]1[C@H](C)CCC[C@H]1NCC(=O)Nc1ccncc1. The Labute approximate surface area is 115 Å². The van der Waals surface area contributed by atoms with Crippen molar-refractivity contribution in [3.05, 3.63) is 24.5 Å². The molecule has 19 heavy (non-hydrogen) atoms. The van der Waals surface area contributed by atoms with Crippen LogP contribution >= 0.6 is 0 Å². The molecule has 4 nitrogen and oxygen atoms in total. The fourth-order valence-corrected chi connectivity index (χ4v) is 2.73. The summed E-state index contributed by atoms with van der Waals surface area (Å²) in [4.78, 5) is 15.8. The molecule has 0 unspecified atom stereocenters. The van der Waals surface area contributed by atoms with Crippen LogP contribution < -0.4 is 10.6 Å². The maximum atomic E-state index is 11.8. The predicted octanol–water partition coefficient (Wildman–Crippen LogP) is 2.43. The molecule has 4 heteroatoms. The first kappa shape index (κ1) is 14.0. The lowest BCUT2D eigenvalue weighted by Crippen LogP contribution is -2.43. The van der Waals surface area contributed by atoms with Crippen LogP contribution in [0.2, 0.25) is 0 Å². The van der Waals surface area contributed by atoms with Gasteiger partial charge in [0.15, 0.2) is 0 Å². The monoisotopic (exact) mass is 261 g/mol. The Balaban J connectivity index is 1.77. The van der Waals surface area contributed by atoms with Gasteiger partial charge in [0.1, 0.15) is 0 Å². The van der Waals surface area contributed by atoms with Crippen molar-refractivity contribution in [1.82, 2.24) is 10.3 Å². The molecular weight excluding hydrogens is 238 g/mol. The molecule has 1 aromatic heterocycles. The fourth-order valence-electron chi connectivity index (χ4n) is 2.73. The zero-order valence-electron chi connectivity index (χ0n) is 11.7. The van der Waals surface area contributed by atoms with E-state index >= 15 is 0 Å². The third kappa shape index (κ3) is 4.03. The zero-order valence-corrected chi connectivity index (χ0v) is 11.7. The number of pyridine rings is 1. The molecule has 2 N–H and O–H groups in total. The summed E-state index contributed by atoms with van der Waals surface area (Å²) in [6.07, 6.45) is 7.09. The van der Waals surface area contributed by atoms with Crippen molar-refractivity contribution in [2.24, 2.45) is 11.8 Å². The summed E-state index contributed by atoms with van der Waals surface area (Å²) >= 11 is 0. The molecule has 0 aromatic carbocycles. The van der Waals surface area contributed by atoms with Crippen LogP contribution in [-0.4, -0.2) is 23.5 Å². The molecule has 104 valence electrons. The standard InChI is InChI=1S/C15H23N3O/c1-11-4-3-5-14(12(11)2)17-10-15(19)18-13-6-8-16-9-7-13/h6-9,11-12,14,17H,3-5,10H2,1-2H3,(H,16,18,19)/t11-,12+,14-/m1/s1.